The van der Waals surface area contributed by atoms with Crippen LogP contribution in [0.2, 0.25) is 0 Å². The van der Waals surface area contributed by atoms with E-state index in [9.17, 15) is 0 Å². The van der Waals surface area contributed by atoms with E-state index in [2.05, 4.69) is 0 Å². The maximum atomic E-state index is 5.73. The average molecular weight is 292 g/mol. The third-order valence-corrected chi connectivity index (χ3v) is 3.44. The molecule has 0 aliphatic carbocycles. The van der Waals surface area contributed by atoms with Crippen LogP contribution in [0.4, 0.5) is 0 Å². The van der Waals surface area contributed by atoms with Crippen molar-refractivity contribution in [1.82, 2.24) is 0 Å². The van der Waals surface area contributed by atoms with Gasteiger partial charge in [-0.1, -0.05) is 36.4 Å². The van der Waals surface area contributed by atoms with Crippen molar-refractivity contribution in [2.75, 3.05) is 20.3 Å². The Labute approximate surface area is 120 Å². The molecule has 5 heteroatoms. The summed E-state index contributed by atoms with van der Waals surface area (Å²) in [5, 5.41) is 0. The van der Waals surface area contributed by atoms with Crippen LogP contribution in [0.5, 0.6) is 11.5 Å². The van der Waals surface area contributed by atoms with Crippen LogP contribution in [0.3, 0.4) is 0 Å². The quantitative estimate of drug-likeness (QED) is 0.543. The SMILES string of the molecule is COCCOP(Oc1ccccc1)Oc1ccccc1. The zero-order chi connectivity index (χ0) is 14.0. The van der Waals surface area contributed by atoms with Crippen LogP contribution < -0.4 is 9.05 Å². The number of para-hydroxylation sites is 2. The first-order chi connectivity index (χ1) is 9.88. The molecule has 0 bridgehead atoms. The number of rotatable bonds is 8. The molecular weight excluding hydrogens is 275 g/mol. The van der Waals surface area contributed by atoms with E-state index in [0.29, 0.717) is 24.7 Å². The monoisotopic (exact) mass is 292 g/mol. The van der Waals surface area contributed by atoms with Crippen LogP contribution in [0.15, 0.2) is 60.7 Å². The van der Waals surface area contributed by atoms with Crippen LogP contribution in [0, 0.1) is 0 Å². The van der Waals surface area contributed by atoms with Gasteiger partial charge in [-0.15, -0.1) is 0 Å². The summed E-state index contributed by atoms with van der Waals surface area (Å²) in [5.74, 6) is 1.43. The molecule has 20 heavy (non-hydrogen) atoms. The molecule has 0 spiro atoms. The van der Waals surface area contributed by atoms with E-state index in [4.69, 9.17) is 18.3 Å². The van der Waals surface area contributed by atoms with Gasteiger partial charge in [0.2, 0.25) is 0 Å². The molecule has 2 aromatic carbocycles. The van der Waals surface area contributed by atoms with Crippen molar-refractivity contribution in [1.29, 1.82) is 0 Å². The van der Waals surface area contributed by atoms with E-state index >= 15 is 0 Å². The predicted octanol–water partition coefficient (Wildman–Crippen LogP) is 4.03. The minimum Gasteiger partial charge on any atom is -0.418 e. The second kappa shape index (κ2) is 8.54. The van der Waals surface area contributed by atoms with E-state index in [1.165, 1.54) is 0 Å². The Kier molecular flexibility index (Phi) is 6.32. The molecule has 0 saturated heterocycles. The predicted molar refractivity (Wildman–Crippen MR) is 78.9 cm³/mol. The molecule has 0 aromatic heterocycles. The van der Waals surface area contributed by atoms with Gasteiger partial charge in [0, 0.05) is 7.11 Å². The Morgan fingerprint density at radius 2 is 1.25 bits per heavy atom. The topological polar surface area (TPSA) is 36.9 Å². The minimum atomic E-state index is -1.50. The fourth-order valence-electron chi connectivity index (χ4n) is 1.40. The van der Waals surface area contributed by atoms with Gasteiger partial charge in [-0.3, -0.25) is 4.52 Å². The van der Waals surface area contributed by atoms with Crippen molar-refractivity contribution >= 4 is 8.60 Å². The fourth-order valence-corrected chi connectivity index (χ4v) is 2.36. The van der Waals surface area contributed by atoms with Gasteiger partial charge in [-0.2, -0.15) is 0 Å². The van der Waals surface area contributed by atoms with Crippen molar-refractivity contribution in [2.45, 2.75) is 0 Å². The maximum absolute atomic E-state index is 5.73. The van der Waals surface area contributed by atoms with Crippen molar-refractivity contribution in [3.8, 4) is 11.5 Å². The van der Waals surface area contributed by atoms with Gasteiger partial charge < -0.3 is 13.8 Å². The molecule has 0 aliphatic rings. The third kappa shape index (κ3) is 5.17. The Morgan fingerprint density at radius 3 is 1.70 bits per heavy atom. The molecule has 0 heterocycles. The van der Waals surface area contributed by atoms with E-state index in [0.717, 1.165) is 0 Å². The summed E-state index contributed by atoms with van der Waals surface area (Å²) in [5.41, 5.74) is 0. The lowest BCUT2D eigenvalue weighted by Crippen LogP contribution is -2.04. The summed E-state index contributed by atoms with van der Waals surface area (Å²) >= 11 is 0. The van der Waals surface area contributed by atoms with Crippen LogP contribution in [0.25, 0.3) is 0 Å². The van der Waals surface area contributed by atoms with Gasteiger partial charge in [0.25, 0.3) is 0 Å². The van der Waals surface area contributed by atoms with E-state index in [-0.39, 0.29) is 0 Å². The van der Waals surface area contributed by atoms with Crippen molar-refractivity contribution < 1.29 is 18.3 Å². The minimum absolute atomic E-state index is 0.419. The highest BCUT2D eigenvalue weighted by Crippen LogP contribution is 2.41. The second-order valence-corrected chi connectivity index (χ2v) is 4.93. The summed E-state index contributed by atoms with van der Waals surface area (Å²) in [6.45, 7) is 0.914. The van der Waals surface area contributed by atoms with Gasteiger partial charge in [-0.25, -0.2) is 0 Å². The Hall–Kier alpha value is -1.61. The summed E-state index contributed by atoms with van der Waals surface area (Å²) < 4.78 is 22.0. The summed E-state index contributed by atoms with van der Waals surface area (Å²) in [7, 11) is 0.122. The highest BCUT2D eigenvalue weighted by atomic mass is 31.2. The van der Waals surface area contributed by atoms with Crippen molar-refractivity contribution in [3.05, 3.63) is 60.7 Å². The largest absolute Gasteiger partial charge is 0.463 e. The summed E-state index contributed by atoms with van der Waals surface area (Å²) in [6.07, 6.45) is 0. The van der Waals surface area contributed by atoms with Crippen molar-refractivity contribution in [2.24, 2.45) is 0 Å². The summed E-state index contributed by atoms with van der Waals surface area (Å²) in [6, 6.07) is 18.9. The molecule has 2 aromatic rings. The highest BCUT2D eigenvalue weighted by Gasteiger charge is 2.16. The first-order valence-corrected chi connectivity index (χ1v) is 7.36. The van der Waals surface area contributed by atoms with Gasteiger partial charge in [0.1, 0.15) is 11.5 Å². The lowest BCUT2D eigenvalue weighted by Gasteiger charge is -2.17. The normalized spacial score (nSPS) is 10.5. The van der Waals surface area contributed by atoms with E-state index in [1.807, 2.05) is 60.7 Å². The number of methoxy groups -OCH3 is 1. The highest BCUT2D eigenvalue weighted by molar-refractivity contribution is 7.42. The number of hydrogen-bond acceptors (Lipinski definition) is 4. The van der Waals surface area contributed by atoms with Gasteiger partial charge >= 0.3 is 8.60 Å². The first-order valence-electron chi connectivity index (χ1n) is 6.26. The van der Waals surface area contributed by atoms with Crippen LogP contribution in [-0.2, 0) is 9.26 Å². The van der Waals surface area contributed by atoms with Gasteiger partial charge in [-0.05, 0) is 24.3 Å². The standard InChI is InChI=1S/C15H17O4P/c1-16-12-13-17-20(18-14-8-4-2-5-9-14)19-15-10-6-3-7-11-15/h2-11H,12-13H2,1H3. The summed E-state index contributed by atoms with van der Waals surface area (Å²) in [4.78, 5) is 0. The fraction of sp³-hybridized carbons (Fsp3) is 0.200. The number of ether oxygens (including phenoxy) is 1. The molecule has 0 amide bonds. The Morgan fingerprint density at radius 1 is 0.750 bits per heavy atom. The van der Waals surface area contributed by atoms with Crippen molar-refractivity contribution in [3.63, 3.8) is 0 Å². The third-order valence-electron chi connectivity index (χ3n) is 2.33. The molecule has 0 radical (unpaired) electrons. The van der Waals surface area contributed by atoms with Gasteiger partial charge in [0.05, 0.1) is 13.2 Å². The molecule has 0 atom stereocenters. The Balaban J connectivity index is 1.96. The maximum Gasteiger partial charge on any atom is 0.463 e. The lowest BCUT2D eigenvalue weighted by molar-refractivity contribution is 0.139. The molecule has 0 aliphatic heterocycles. The molecule has 0 N–H and O–H groups in total. The molecule has 4 nitrogen and oxygen atoms in total. The zero-order valence-electron chi connectivity index (χ0n) is 11.3. The molecule has 0 fully saturated rings. The molecule has 2 rings (SSSR count). The molecule has 0 saturated carbocycles. The van der Waals surface area contributed by atoms with E-state index in [1.54, 1.807) is 7.11 Å². The lowest BCUT2D eigenvalue weighted by atomic mass is 10.3. The average Bonchev–Trinajstić information content (AvgIpc) is 2.49. The smallest absolute Gasteiger partial charge is 0.418 e. The number of benzene rings is 2. The van der Waals surface area contributed by atoms with Gasteiger partial charge in [0.15, 0.2) is 0 Å². The first kappa shape index (κ1) is 14.8. The van der Waals surface area contributed by atoms with Crippen LogP contribution in [0.1, 0.15) is 0 Å². The van der Waals surface area contributed by atoms with Crippen LogP contribution in [-0.4, -0.2) is 20.3 Å². The zero-order valence-corrected chi connectivity index (χ0v) is 12.2. The number of hydrogen-bond donors (Lipinski definition) is 0. The second-order valence-electron chi connectivity index (χ2n) is 3.86. The molecular formula is C15H17O4P. The Bertz CT molecular complexity index is 436. The molecule has 0 unspecified atom stereocenters. The molecule has 106 valence electrons. The van der Waals surface area contributed by atoms with E-state index < -0.39 is 8.60 Å². The van der Waals surface area contributed by atoms with Crippen LogP contribution >= 0.6 is 8.60 Å².